The topological polar surface area (TPSA) is 38.7 Å². The standard InChI is InChI=1S/C17H27ClO3Si/c1-17(2,3)22(5,6)21-15-10-8-13(11-16(15)20-4)7-9-14(19)12-18/h7-11,14,19H,12H2,1-6H3/b9-7+/t14-/m0/s1. The molecule has 22 heavy (non-hydrogen) atoms. The maximum atomic E-state index is 9.47. The number of hydrogen-bond acceptors (Lipinski definition) is 3. The van der Waals surface area contributed by atoms with E-state index < -0.39 is 14.4 Å². The number of rotatable bonds is 6. The van der Waals surface area contributed by atoms with Gasteiger partial charge in [-0.05, 0) is 35.8 Å². The van der Waals surface area contributed by atoms with Crippen LogP contribution in [-0.2, 0) is 0 Å². The molecule has 0 saturated carbocycles. The highest BCUT2D eigenvalue weighted by Crippen LogP contribution is 2.40. The molecule has 0 bridgehead atoms. The Kier molecular flexibility index (Phi) is 6.53. The summed E-state index contributed by atoms with van der Waals surface area (Å²) in [6.07, 6.45) is 2.85. The molecule has 0 saturated heterocycles. The second kappa shape index (κ2) is 7.53. The summed E-state index contributed by atoms with van der Waals surface area (Å²) in [5.41, 5.74) is 0.934. The molecule has 124 valence electrons. The second-order valence-corrected chi connectivity index (χ2v) is 11.9. The van der Waals surface area contributed by atoms with E-state index in [2.05, 4.69) is 33.9 Å². The van der Waals surface area contributed by atoms with Gasteiger partial charge in [-0.1, -0.05) is 39.0 Å². The monoisotopic (exact) mass is 342 g/mol. The van der Waals surface area contributed by atoms with E-state index in [1.165, 1.54) is 0 Å². The van der Waals surface area contributed by atoms with Gasteiger partial charge in [-0.15, -0.1) is 11.6 Å². The molecule has 0 aliphatic carbocycles. The molecule has 1 aromatic rings. The van der Waals surface area contributed by atoms with Crippen LogP contribution in [0.3, 0.4) is 0 Å². The second-order valence-electron chi connectivity index (χ2n) is 6.85. The van der Waals surface area contributed by atoms with Crippen molar-refractivity contribution in [3.05, 3.63) is 29.8 Å². The molecule has 0 fully saturated rings. The molecule has 0 aliphatic heterocycles. The van der Waals surface area contributed by atoms with Crippen LogP contribution < -0.4 is 9.16 Å². The summed E-state index contributed by atoms with van der Waals surface area (Å²) in [4.78, 5) is 0. The van der Waals surface area contributed by atoms with Crippen molar-refractivity contribution in [1.29, 1.82) is 0 Å². The molecule has 0 radical (unpaired) electrons. The Hall–Kier alpha value is -0.973. The Morgan fingerprint density at radius 2 is 1.91 bits per heavy atom. The van der Waals surface area contributed by atoms with Crippen molar-refractivity contribution in [2.45, 2.75) is 45.0 Å². The number of benzene rings is 1. The van der Waals surface area contributed by atoms with Crippen LogP contribution in [0.1, 0.15) is 26.3 Å². The lowest BCUT2D eigenvalue weighted by Crippen LogP contribution is -2.43. The largest absolute Gasteiger partial charge is 0.541 e. The van der Waals surface area contributed by atoms with Gasteiger partial charge in [0.05, 0.1) is 19.1 Å². The minimum absolute atomic E-state index is 0.126. The molecule has 3 nitrogen and oxygen atoms in total. The zero-order valence-corrected chi connectivity index (χ0v) is 16.1. The van der Waals surface area contributed by atoms with Gasteiger partial charge in [-0.3, -0.25) is 0 Å². The van der Waals surface area contributed by atoms with Gasteiger partial charge in [0.1, 0.15) is 5.75 Å². The molecule has 0 aliphatic rings. The van der Waals surface area contributed by atoms with E-state index in [1.807, 2.05) is 24.3 Å². The van der Waals surface area contributed by atoms with Gasteiger partial charge >= 0.3 is 0 Å². The third-order valence-corrected chi connectivity index (χ3v) is 8.69. The van der Waals surface area contributed by atoms with Crippen molar-refractivity contribution in [3.63, 3.8) is 0 Å². The van der Waals surface area contributed by atoms with Crippen molar-refractivity contribution in [2.75, 3.05) is 13.0 Å². The smallest absolute Gasteiger partial charge is 0.250 e. The van der Waals surface area contributed by atoms with Gasteiger partial charge in [-0.25, -0.2) is 0 Å². The molecule has 1 aromatic carbocycles. The molecule has 1 rings (SSSR count). The number of halogens is 1. The highest BCUT2D eigenvalue weighted by molar-refractivity contribution is 6.74. The number of hydrogen-bond donors (Lipinski definition) is 1. The van der Waals surface area contributed by atoms with Crippen molar-refractivity contribution in [2.24, 2.45) is 0 Å². The normalized spacial score (nSPS) is 14.2. The predicted molar refractivity (Wildman–Crippen MR) is 96.6 cm³/mol. The van der Waals surface area contributed by atoms with Crippen LogP contribution in [-0.4, -0.2) is 32.5 Å². The van der Waals surface area contributed by atoms with Crippen LogP contribution in [0, 0.1) is 0 Å². The SMILES string of the molecule is COc1cc(/C=C/[C@H](O)CCl)ccc1O[Si](C)(C)C(C)(C)C. The summed E-state index contributed by atoms with van der Waals surface area (Å²) < 4.78 is 11.8. The molecule has 1 N–H and O–H groups in total. The van der Waals surface area contributed by atoms with Crippen LogP contribution in [0.4, 0.5) is 0 Å². The van der Waals surface area contributed by atoms with Gasteiger partial charge in [0.25, 0.3) is 8.32 Å². The number of alkyl halides is 1. The lowest BCUT2D eigenvalue weighted by molar-refractivity contribution is 0.248. The highest BCUT2D eigenvalue weighted by Gasteiger charge is 2.39. The van der Waals surface area contributed by atoms with E-state index >= 15 is 0 Å². The highest BCUT2D eigenvalue weighted by atomic mass is 35.5. The van der Waals surface area contributed by atoms with Crippen molar-refractivity contribution in [1.82, 2.24) is 0 Å². The summed E-state index contributed by atoms with van der Waals surface area (Å²) in [7, 11) is -0.275. The van der Waals surface area contributed by atoms with Crippen LogP contribution >= 0.6 is 11.6 Å². The Morgan fingerprint density at radius 1 is 1.27 bits per heavy atom. The van der Waals surface area contributed by atoms with Crippen LogP contribution in [0.2, 0.25) is 18.1 Å². The Bertz CT molecular complexity index is 521. The van der Waals surface area contributed by atoms with Crippen LogP contribution in [0.15, 0.2) is 24.3 Å². The summed E-state index contributed by atoms with van der Waals surface area (Å²) in [5, 5.41) is 9.60. The first kappa shape index (κ1) is 19.1. The first-order chi connectivity index (χ1) is 10.1. The van der Waals surface area contributed by atoms with Gasteiger partial charge < -0.3 is 14.3 Å². The number of ether oxygens (including phenoxy) is 1. The summed E-state index contributed by atoms with van der Waals surface area (Å²) in [6.45, 7) is 11.0. The van der Waals surface area contributed by atoms with Gasteiger partial charge in [0.15, 0.2) is 5.75 Å². The molecule has 0 aromatic heterocycles. The minimum atomic E-state index is -1.91. The van der Waals surface area contributed by atoms with Crippen molar-refractivity contribution >= 4 is 26.0 Å². The van der Waals surface area contributed by atoms with Crippen LogP contribution in [0.5, 0.6) is 11.5 Å². The summed E-state index contributed by atoms with van der Waals surface area (Å²) in [6, 6.07) is 5.77. The molecule has 0 spiro atoms. The molecule has 1 atom stereocenters. The quantitative estimate of drug-likeness (QED) is 0.602. The van der Waals surface area contributed by atoms with E-state index in [0.29, 0.717) is 5.75 Å². The maximum absolute atomic E-state index is 9.47. The van der Waals surface area contributed by atoms with Gasteiger partial charge in [0.2, 0.25) is 0 Å². The van der Waals surface area contributed by atoms with Crippen molar-refractivity contribution < 1.29 is 14.3 Å². The van der Waals surface area contributed by atoms with Crippen molar-refractivity contribution in [3.8, 4) is 11.5 Å². The Labute approximate surface area is 140 Å². The fourth-order valence-electron chi connectivity index (χ4n) is 1.57. The summed E-state index contributed by atoms with van der Waals surface area (Å²) in [5.74, 6) is 1.65. The first-order valence-electron chi connectivity index (χ1n) is 7.40. The lowest BCUT2D eigenvalue weighted by atomic mass is 10.1. The molecular weight excluding hydrogens is 316 g/mol. The zero-order valence-electron chi connectivity index (χ0n) is 14.3. The Morgan fingerprint density at radius 3 is 2.41 bits per heavy atom. The van der Waals surface area contributed by atoms with E-state index in [0.717, 1.165) is 11.3 Å². The van der Waals surface area contributed by atoms with E-state index in [4.69, 9.17) is 20.8 Å². The number of aliphatic hydroxyl groups excluding tert-OH is 1. The van der Waals surface area contributed by atoms with E-state index in [1.54, 1.807) is 13.2 Å². The maximum Gasteiger partial charge on any atom is 0.250 e. The molecular formula is C17H27ClO3Si. The molecule has 5 heteroatoms. The summed E-state index contributed by atoms with van der Waals surface area (Å²) >= 11 is 5.58. The van der Waals surface area contributed by atoms with Gasteiger partial charge in [0, 0.05) is 0 Å². The average Bonchev–Trinajstić information content (AvgIpc) is 2.44. The third kappa shape index (κ3) is 5.04. The molecule has 0 heterocycles. The third-order valence-electron chi connectivity index (χ3n) is 4.03. The number of methoxy groups -OCH3 is 1. The van der Waals surface area contributed by atoms with Crippen LogP contribution in [0.25, 0.3) is 6.08 Å². The minimum Gasteiger partial charge on any atom is -0.541 e. The first-order valence-corrected chi connectivity index (χ1v) is 10.8. The molecule has 0 unspecified atom stereocenters. The predicted octanol–water partition coefficient (Wildman–Crippen LogP) is 4.69. The average molecular weight is 343 g/mol. The lowest BCUT2D eigenvalue weighted by Gasteiger charge is -2.36. The fraction of sp³-hybridized carbons (Fsp3) is 0.529. The van der Waals surface area contributed by atoms with Gasteiger partial charge in [-0.2, -0.15) is 0 Å². The van der Waals surface area contributed by atoms with E-state index in [9.17, 15) is 5.11 Å². The van der Waals surface area contributed by atoms with E-state index in [-0.39, 0.29) is 10.9 Å². The zero-order chi connectivity index (χ0) is 17.0. The number of aliphatic hydroxyl groups is 1. The fourth-order valence-corrected chi connectivity index (χ4v) is 2.70. The Balaban J connectivity index is 3.02. The molecule has 0 amide bonds.